The first-order valence-electron chi connectivity index (χ1n) is 10.8. The lowest BCUT2D eigenvalue weighted by molar-refractivity contribution is 0.0512. The molecule has 0 spiro atoms. The van der Waals surface area contributed by atoms with E-state index in [1.807, 2.05) is 0 Å². The molecule has 0 saturated carbocycles. The molecule has 1 aromatic carbocycles. The number of nitrogen functional groups attached to an aromatic ring is 1. The third kappa shape index (κ3) is 5.67. The summed E-state index contributed by atoms with van der Waals surface area (Å²) in [5, 5.41) is 11.6. The van der Waals surface area contributed by atoms with Crippen molar-refractivity contribution in [1.82, 2.24) is 24.6 Å². The minimum atomic E-state index is -0.630. The van der Waals surface area contributed by atoms with Crippen LogP contribution < -0.4 is 21.8 Å². The van der Waals surface area contributed by atoms with Crippen molar-refractivity contribution < 1.29 is 14.4 Å². The second kappa shape index (κ2) is 11.2. The van der Waals surface area contributed by atoms with Gasteiger partial charge in [-0.15, -0.1) is 5.10 Å². The van der Waals surface area contributed by atoms with E-state index in [-0.39, 0.29) is 12.4 Å². The number of esters is 1. The van der Waals surface area contributed by atoms with E-state index in [2.05, 4.69) is 36.2 Å². The number of hydrogen-bond donors (Lipinski definition) is 4. The Morgan fingerprint density at radius 2 is 1.89 bits per heavy atom. The third-order valence-corrected chi connectivity index (χ3v) is 5.39. The summed E-state index contributed by atoms with van der Waals surface area (Å²) in [5.41, 5.74) is 10.7. The molecule has 4 aromatic rings. The number of pyridine rings is 1. The molecule has 0 amide bonds. The number of ether oxygens (including phenoxy) is 1. The van der Waals surface area contributed by atoms with Gasteiger partial charge in [0.2, 0.25) is 5.95 Å². The summed E-state index contributed by atoms with van der Waals surface area (Å²) in [5.74, 6) is 0.519. The van der Waals surface area contributed by atoms with Crippen LogP contribution in [0.25, 0.3) is 16.9 Å². The van der Waals surface area contributed by atoms with E-state index >= 15 is 0 Å². The smallest absolute Gasteiger partial charge is 0.378 e. The maximum atomic E-state index is 12.2. The van der Waals surface area contributed by atoms with Crippen molar-refractivity contribution in [3.63, 3.8) is 0 Å². The van der Waals surface area contributed by atoms with Gasteiger partial charge >= 0.3 is 5.97 Å². The second-order valence-electron chi connectivity index (χ2n) is 7.30. The van der Waals surface area contributed by atoms with Crippen molar-refractivity contribution in [2.24, 2.45) is 0 Å². The Morgan fingerprint density at radius 1 is 1.08 bits per heavy atom. The Morgan fingerprint density at radius 3 is 2.61 bits per heavy atom. The molecule has 0 aliphatic rings. The summed E-state index contributed by atoms with van der Waals surface area (Å²) < 4.78 is 6.46. The molecule has 3 heterocycles. The zero-order valence-corrected chi connectivity index (χ0v) is 20.9. The molecule has 4 rings (SSSR count). The highest BCUT2D eigenvalue weighted by molar-refractivity contribution is 6.36. The molecule has 12 nitrogen and oxygen atoms in total. The standard InChI is InChI=1S/C22H23Cl2N9O3/c1-3-36-21(34)20-30-18-11-16(13-5-4-12(23)10-14(13)24)28-22(33(18)31-20)27-9-8-26-17-7-6-15(32-35-2)19(25)29-17/h4-7,10-11,32H,3,8-9H2,1-2H3,(H,27,28)(H3,25,26,29). The molecule has 0 saturated heterocycles. The fourth-order valence-electron chi connectivity index (χ4n) is 3.26. The predicted molar refractivity (Wildman–Crippen MR) is 138 cm³/mol. The van der Waals surface area contributed by atoms with Crippen molar-refractivity contribution in [2.75, 3.05) is 48.7 Å². The number of aromatic nitrogens is 5. The quantitative estimate of drug-likeness (QED) is 0.134. The Balaban J connectivity index is 1.57. The van der Waals surface area contributed by atoms with Crippen LogP contribution in [0.2, 0.25) is 10.0 Å². The first-order valence-corrected chi connectivity index (χ1v) is 11.6. The lowest BCUT2D eigenvalue weighted by atomic mass is 10.1. The molecule has 14 heteroatoms. The lowest BCUT2D eigenvalue weighted by Crippen LogP contribution is -2.18. The van der Waals surface area contributed by atoms with Crippen LogP contribution in [-0.4, -0.2) is 57.3 Å². The summed E-state index contributed by atoms with van der Waals surface area (Å²) in [4.78, 5) is 30.3. The largest absolute Gasteiger partial charge is 0.460 e. The maximum absolute atomic E-state index is 12.2. The first kappa shape index (κ1) is 25.2. The molecule has 0 aliphatic heterocycles. The van der Waals surface area contributed by atoms with Gasteiger partial charge in [0.15, 0.2) is 11.5 Å². The fraction of sp³-hybridized carbons (Fsp3) is 0.227. The van der Waals surface area contributed by atoms with Crippen LogP contribution in [0.5, 0.6) is 0 Å². The Bertz CT molecular complexity index is 1400. The van der Waals surface area contributed by atoms with E-state index in [0.29, 0.717) is 63.3 Å². The van der Waals surface area contributed by atoms with Crippen molar-refractivity contribution in [1.29, 1.82) is 0 Å². The number of carbonyl (C=O) groups is 1. The van der Waals surface area contributed by atoms with Crippen LogP contribution in [0.4, 0.5) is 23.3 Å². The third-order valence-electron chi connectivity index (χ3n) is 4.84. The topological polar surface area (TPSA) is 154 Å². The van der Waals surface area contributed by atoms with Gasteiger partial charge in [-0.2, -0.15) is 4.52 Å². The molecule has 36 heavy (non-hydrogen) atoms. The van der Waals surface area contributed by atoms with Gasteiger partial charge in [0.1, 0.15) is 11.5 Å². The van der Waals surface area contributed by atoms with E-state index in [0.717, 1.165) is 0 Å². The van der Waals surface area contributed by atoms with Crippen LogP contribution in [0.1, 0.15) is 17.5 Å². The number of fused-ring (bicyclic) bond motifs is 1. The minimum Gasteiger partial charge on any atom is -0.460 e. The van der Waals surface area contributed by atoms with E-state index in [1.54, 1.807) is 43.3 Å². The summed E-state index contributed by atoms with van der Waals surface area (Å²) in [6.45, 7) is 2.81. The lowest BCUT2D eigenvalue weighted by Gasteiger charge is -2.12. The van der Waals surface area contributed by atoms with Crippen LogP contribution in [0.3, 0.4) is 0 Å². The van der Waals surface area contributed by atoms with Crippen LogP contribution in [0, 0.1) is 0 Å². The highest BCUT2D eigenvalue weighted by Gasteiger charge is 2.18. The summed E-state index contributed by atoms with van der Waals surface area (Å²) in [7, 11) is 1.49. The highest BCUT2D eigenvalue weighted by Crippen LogP contribution is 2.30. The summed E-state index contributed by atoms with van der Waals surface area (Å²) >= 11 is 12.4. The van der Waals surface area contributed by atoms with Gasteiger partial charge in [-0.1, -0.05) is 23.2 Å². The van der Waals surface area contributed by atoms with Crippen LogP contribution >= 0.6 is 23.2 Å². The summed E-state index contributed by atoms with van der Waals surface area (Å²) in [6.07, 6.45) is 0. The van der Waals surface area contributed by atoms with Crippen molar-refractivity contribution in [3.8, 4) is 11.3 Å². The minimum absolute atomic E-state index is 0.0800. The first-order chi connectivity index (χ1) is 17.4. The van der Waals surface area contributed by atoms with E-state index in [1.165, 1.54) is 11.6 Å². The highest BCUT2D eigenvalue weighted by atomic mass is 35.5. The van der Waals surface area contributed by atoms with Crippen molar-refractivity contribution >= 4 is 58.1 Å². The van der Waals surface area contributed by atoms with E-state index < -0.39 is 5.97 Å². The monoisotopic (exact) mass is 531 g/mol. The molecule has 0 atom stereocenters. The number of anilines is 4. The average molecular weight is 532 g/mol. The molecule has 188 valence electrons. The van der Waals surface area contributed by atoms with Gasteiger partial charge in [0, 0.05) is 29.7 Å². The fourth-order valence-corrected chi connectivity index (χ4v) is 3.76. The predicted octanol–water partition coefficient (Wildman–Crippen LogP) is 3.75. The number of benzene rings is 1. The molecule has 5 N–H and O–H groups in total. The van der Waals surface area contributed by atoms with Crippen LogP contribution in [0.15, 0.2) is 36.4 Å². The Hall–Kier alpha value is -3.87. The normalized spacial score (nSPS) is 10.9. The maximum Gasteiger partial charge on any atom is 0.378 e. The molecule has 0 fully saturated rings. The van der Waals surface area contributed by atoms with Crippen molar-refractivity contribution in [3.05, 3.63) is 52.3 Å². The van der Waals surface area contributed by atoms with Gasteiger partial charge in [0.25, 0.3) is 5.82 Å². The number of carbonyl (C=O) groups excluding carboxylic acids is 1. The van der Waals surface area contributed by atoms with Gasteiger partial charge < -0.3 is 21.1 Å². The average Bonchev–Trinajstić information content (AvgIpc) is 3.28. The molecule has 0 bridgehead atoms. The number of nitrogens with two attached hydrogens (primary N) is 1. The molecule has 0 radical (unpaired) electrons. The molecular weight excluding hydrogens is 509 g/mol. The van der Waals surface area contributed by atoms with Crippen LogP contribution in [-0.2, 0) is 9.57 Å². The van der Waals surface area contributed by atoms with Gasteiger partial charge in [0.05, 0.1) is 24.4 Å². The summed E-state index contributed by atoms with van der Waals surface area (Å²) in [6, 6.07) is 10.3. The van der Waals surface area contributed by atoms with E-state index in [4.69, 9.17) is 38.5 Å². The van der Waals surface area contributed by atoms with E-state index in [9.17, 15) is 4.79 Å². The van der Waals surface area contributed by atoms with Gasteiger partial charge in [-0.25, -0.2) is 19.7 Å². The molecule has 0 aliphatic carbocycles. The Kier molecular flexibility index (Phi) is 7.88. The Labute approximate surface area is 216 Å². The van der Waals surface area contributed by atoms with Gasteiger partial charge in [-0.05, 0) is 37.3 Å². The number of rotatable bonds is 10. The SMILES string of the molecule is CCOC(=O)c1nc2cc(-c3ccc(Cl)cc3Cl)nc(NCCNc3ccc(NOC)c(N)n3)n2n1. The van der Waals surface area contributed by atoms with Gasteiger partial charge in [-0.3, -0.25) is 10.3 Å². The number of hydrogen-bond acceptors (Lipinski definition) is 11. The molecule has 0 unspecified atom stereocenters. The number of halogens is 2. The number of nitrogens with one attached hydrogen (secondary N) is 3. The van der Waals surface area contributed by atoms with Crippen molar-refractivity contribution in [2.45, 2.75) is 6.92 Å². The zero-order chi connectivity index (χ0) is 25.7. The molecular formula is C22H23Cl2N9O3. The zero-order valence-electron chi connectivity index (χ0n) is 19.4. The number of nitrogens with zero attached hydrogens (tertiary/aromatic N) is 5. The molecule has 3 aromatic heterocycles. The second-order valence-corrected chi connectivity index (χ2v) is 8.15.